The summed E-state index contributed by atoms with van der Waals surface area (Å²) >= 11 is 12.0. The number of nitrogens with one attached hydrogen (secondary N) is 1. The van der Waals surface area contributed by atoms with Gasteiger partial charge in [0.2, 0.25) is 0 Å². The molecule has 2 fully saturated rings. The first-order valence-corrected chi connectivity index (χ1v) is 6.86. The van der Waals surface area contributed by atoms with Gasteiger partial charge in [-0.25, -0.2) is 0 Å². The largest absolute Gasteiger partial charge is 0.338 e. The molecule has 2 unspecified atom stereocenters. The summed E-state index contributed by atoms with van der Waals surface area (Å²) in [5, 5.41) is 4.15. The van der Waals surface area contributed by atoms with E-state index in [4.69, 9.17) is 23.2 Å². The van der Waals surface area contributed by atoms with Gasteiger partial charge in [0.25, 0.3) is 5.91 Å². The van der Waals surface area contributed by atoms with E-state index in [0.717, 1.165) is 26.2 Å². The molecule has 0 aromatic heterocycles. The molecular formula is C13H14Cl2N2O. The van der Waals surface area contributed by atoms with Gasteiger partial charge in [-0.15, -0.1) is 0 Å². The van der Waals surface area contributed by atoms with Gasteiger partial charge < -0.3 is 10.2 Å². The van der Waals surface area contributed by atoms with Crippen LogP contribution in [0.2, 0.25) is 10.0 Å². The summed E-state index contributed by atoms with van der Waals surface area (Å²) in [5.41, 5.74) is 0.511. The van der Waals surface area contributed by atoms with Crippen molar-refractivity contribution in [2.75, 3.05) is 26.2 Å². The number of rotatable bonds is 1. The van der Waals surface area contributed by atoms with Crippen LogP contribution in [0, 0.1) is 11.8 Å². The van der Waals surface area contributed by atoms with E-state index in [1.54, 1.807) is 18.2 Å². The van der Waals surface area contributed by atoms with Crippen LogP contribution in [0.25, 0.3) is 0 Å². The van der Waals surface area contributed by atoms with Gasteiger partial charge in [0.15, 0.2) is 0 Å². The lowest BCUT2D eigenvalue weighted by Gasteiger charge is -2.18. The average molecular weight is 285 g/mol. The Morgan fingerprint density at radius 2 is 1.89 bits per heavy atom. The van der Waals surface area contributed by atoms with Crippen LogP contribution < -0.4 is 5.32 Å². The molecule has 2 atom stereocenters. The lowest BCUT2D eigenvalue weighted by Crippen LogP contribution is -2.32. The lowest BCUT2D eigenvalue weighted by atomic mass is 10.0. The van der Waals surface area contributed by atoms with Gasteiger partial charge in [0.05, 0.1) is 15.6 Å². The molecular weight excluding hydrogens is 271 g/mol. The maximum absolute atomic E-state index is 12.4. The number of halogens is 2. The molecule has 2 aliphatic heterocycles. The quantitative estimate of drug-likeness (QED) is 0.858. The molecule has 0 radical (unpaired) electrons. The third-order valence-electron chi connectivity index (χ3n) is 3.86. The number of hydrogen-bond donors (Lipinski definition) is 1. The highest BCUT2D eigenvalue weighted by molar-refractivity contribution is 6.43. The second-order valence-corrected chi connectivity index (χ2v) is 5.78. The number of carbonyl (C=O) groups excluding carboxylic acids is 1. The minimum atomic E-state index is -0.00287. The Morgan fingerprint density at radius 1 is 1.22 bits per heavy atom. The third kappa shape index (κ3) is 2.00. The van der Waals surface area contributed by atoms with Gasteiger partial charge in [-0.1, -0.05) is 29.3 Å². The Bertz CT molecular complexity index is 480. The zero-order valence-corrected chi connectivity index (χ0v) is 11.3. The van der Waals surface area contributed by atoms with Crippen LogP contribution in [0.4, 0.5) is 0 Å². The van der Waals surface area contributed by atoms with Crippen LogP contribution in [-0.4, -0.2) is 37.0 Å². The Kier molecular flexibility index (Phi) is 3.22. The van der Waals surface area contributed by atoms with Crippen LogP contribution in [-0.2, 0) is 0 Å². The van der Waals surface area contributed by atoms with Crippen molar-refractivity contribution in [1.29, 1.82) is 0 Å². The van der Waals surface area contributed by atoms with E-state index < -0.39 is 0 Å². The summed E-state index contributed by atoms with van der Waals surface area (Å²) in [6.07, 6.45) is 0. The molecule has 5 heteroatoms. The smallest absolute Gasteiger partial charge is 0.255 e. The summed E-state index contributed by atoms with van der Waals surface area (Å²) < 4.78 is 0. The standard InChI is InChI=1S/C13H14Cl2N2O/c14-11-3-1-2-10(12(11)15)13(18)17-6-8-4-16-5-9(8)7-17/h1-3,8-9,16H,4-7H2. The Balaban J connectivity index is 1.81. The van der Waals surface area contributed by atoms with Crippen molar-refractivity contribution < 1.29 is 4.79 Å². The predicted octanol–water partition coefficient (Wildman–Crippen LogP) is 2.28. The number of fused-ring (bicyclic) bond motifs is 1. The molecule has 1 N–H and O–H groups in total. The highest BCUT2D eigenvalue weighted by atomic mass is 35.5. The van der Waals surface area contributed by atoms with E-state index in [9.17, 15) is 4.79 Å². The molecule has 18 heavy (non-hydrogen) atoms. The van der Waals surface area contributed by atoms with E-state index in [2.05, 4.69) is 5.32 Å². The van der Waals surface area contributed by atoms with Crippen molar-refractivity contribution in [2.24, 2.45) is 11.8 Å². The van der Waals surface area contributed by atoms with Crippen molar-refractivity contribution in [1.82, 2.24) is 10.2 Å². The van der Waals surface area contributed by atoms with E-state index in [-0.39, 0.29) is 5.91 Å². The molecule has 0 bridgehead atoms. The highest BCUT2D eigenvalue weighted by Crippen LogP contribution is 2.31. The van der Waals surface area contributed by atoms with Crippen LogP contribution >= 0.6 is 23.2 Å². The molecule has 96 valence electrons. The molecule has 2 aliphatic rings. The Morgan fingerprint density at radius 3 is 2.56 bits per heavy atom. The Labute approximate surface area is 116 Å². The summed E-state index contributed by atoms with van der Waals surface area (Å²) in [4.78, 5) is 14.3. The van der Waals surface area contributed by atoms with Crippen LogP contribution in [0.5, 0.6) is 0 Å². The van der Waals surface area contributed by atoms with Gasteiger partial charge >= 0.3 is 0 Å². The molecule has 3 rings (SSSR count). The minimum absolute atomic E-state index is 0.00287. The monoisotopic (exact) mass is 284 g/mol. The van der Waals surface area contributed by atoms with Crippen molar-refractivity contribution in [3.8, 4) is 0 Å². The maximum Gasteiger partial charge on any atom is 0.255 e. The molecule has 2 saturated heterocycles. The summed E-state index contributed by atoms with van der Waals surface area (Å²) in [7, 11) is 0. The van der Waals surface area contributed by atoms with Crippen LogP contribution in [0.1, 0.15) is 10.4 Å². The van der Waals surface area contributed by atoms with Gasteiger partial charge in [0.1, 0.15) is 0 Å². The number of amides is 1. The minimum Gasteiger partial charge on any atom is -0.338 e. The lowest BCUT2D eigenvalue weighted by molar-refractivity contribution is 0.0782. The van der Waals surface area contributed by atoms with Gasteiger partial charge in [0, 0.05) is 26.2 Å². The summed E-state index contributed by atoms with van der Waals surface area (Å²) in [5.74, 6) is 1.18. The van der Waals surface area contributed by atoms with Gasteiger partial charge in [-0.2, -0.15) is 0 Å². The first kappa shape index (κ1) is 12.3. The third-order valence-corrected chi connectivity index (χ3v) is 4.68. The molecule has 3 nitrogen and oxygen atoms in total. The molecule has 1 aromatic rings. The first-order valence-electron chi connectivity index (χ1n) is 6.11. The van der Waals surface area contributed by atoms with Crippen molar-refractivity contribution in [3.63, 3.8) is 0 Å². The van der Waals surface area contributed by atoms with Crippen molar-refractivity contribution in [2.45, 2.75) is 0 Å². The van der Waals surface area contributed by atoms with Gasteiger partial charge in [-0.05, 0) is 24.0 Å². The summed E-state index contributed by atoms with van der Waals surface area (Å²) in [6, 6.07) is 5.20. The summed E-state index contributed by atoms with van der Waals surface area (Å²) in [6.45, 7) is 3.66. The van der Waals surface area contributed by atoms with E-state index >= 15 is 0 Å². The highest BCUT2D eigenvalue weighted by Gasteiger charge is 2.38. The normalized spacial score (nSPS) is 26.4. The number of nitrogens with zero attached hydrogens (tertiary/aromatic N) is 1. The maximum atomic E-state index is 12.4. The molecule has 1 amide bonds. The molecule has 2 heterocycles. The second kappa shape index (κ2) is 4.72. The number of benzene rings is 1. The van der Waals surface area contributed by atoms with E-state index in [0.29, 0.717) is 27.4 Å². The zero-order valence-electron chi connectivity index (χ0n) is 9.83. The molecule has 1 aromatic carbocycles. The number of carbonyl (C=O) groups is 1. The topological polar surface area (TPSA) is 32.3 Å². The first-order chi connectivity index (χ1) is 8.66. The van der Waals surface area contributed by atoms with E-state index in [1.807, 2.05) is 4.90 Å². The Hall–Kier alpha value is -0.770. The number of hydrogen-bond acceptors (Lipinski definition) is 2. The van der Waals surface area contributed by atoms with Crippen molar-refractivity contribution in [3.05, 3.63) is 33.8 Å². The predicted molar refractivity (Wildman–Crippen MR) is 72.2 cm³/mol. The second-order valence-electron chi connectivity index (χ2n) is 4.99. The van der Waals surface area contributed by atoms with Gasteiger partial charge in [-0.3, -0.25) is 4.79 Å². The molecule has 0 spiro atoms. The number of likely N-dealkylation sites (tertiary alicyclic amines) is 1. The van der Waals surface area contributed by atoms with Crippen LogP contribution in [0.15, 0.2) is 18.2 Å². The molecule has 0 aliphatic carbocycles. The molecule has 0 saturated carbocycles. The van der Waals surface area contributed by atoms with E-state index in [1.165, 1.54) is 0 Å². The fourth-order valence-corrected chi connectivity index (χ4v) is 3.24. The fourth-order valence-electron chi connectivity index (χ4n) is 2.86. The fraction of sp³-hybridized carbons (Fsp3) is 0.462. The average Bonchev–Trinajstić information content (AvgIpc) is 2.92. The van der Waals surface area contributed by atoms with Crippen LogP contribution in [0.3, 0.4) is 0 Å². The zero-order chi connectivity index (χ0) is 12.7. The van der Waals surface area contributed by atoms with Crippen molar-refractivity contribution >= 4 is 29.1 Å². The SMILES string of the molecule is O=C(c1cccc(Cl)c1Cl)N1CC2CNCC2C1.